The van der Waals surface area contributed by atoms with Crippen LogP contribution in [0.1, 0.15) is 40.2 Å². The van der Waals surface area contributed by atoms with Gasteiger partial charge < -0.3 is 9.80 Å². The zero-order valence-corrected chi connectivity index (χ0v) is 14.8. The average molecular weight is 322 g/mol. The predicted octanol–water partition coefficient (Wildman–Crippen LogP) is 4.08. The summed E-state index contributed by atoms with van der Waals surface area (Å²) in [5.74, 6) is 0.730. The first-order chi connectivity index (χ1) is 11.5. The summed E-state index contributed by atoms with van der Waals surface area (Å²) in [7, 11) is 4.01. The standard InChI is InChI=1S/C21H26N2O/c1-16-5-4-6-19(15-16)17-11-13-23(14-12-17)21(24)18-7-9-20(10-8-18)22(2)3/h4-10,15,17H,11-14H2,1-3H3. The second kappa shape index (κ2) is 7.08. The third-order valence-corrected chi connectivity index (χ3v) is 4.93. The minimum absolute atomic E-state index is 0.156. The van der Waals surface area contributed by atoms with Gasteiger partial charge in [0.1, 0.15) is 0 Å². The van der Waals surface area contributed by atoms with Gasteiger partial charge in [0.15, 0.2) is 0 Å². The summed E-state index contributed by atoms with van der Waals surface area (Å²) in [6.45, 7) is 3.82. The van der Waals surface area contributed by atoms with Crippen molar-refractivity contribution >= 4 is 11.6 Å². The smallest absolute Gasteiger partial charge is 0.253 e. The minimum atomic E-state index is 0.156. The normalized spacial score (nSPS) is 15.4. The highest BCUT2D eigenvalue weighted by atomic mass is 16.2. The highest BCUT2D eigenvalue weighted by Crippen LogP contribution is 2.29. The van der Waals surface area contributed by atoms with Gasteiger partial charge in [-0.2, -0.15) is 0 Å². The van der Waals surface area contributed by atoms with Crippen LogP contribution in [0.15, 0.2) is 48.5 Å². The Morgan fingerprint density at radius 3 is 2.29 bits per heavy atom. The van der Waals surface area contributed by atoms with Gasteiger partial charge in [-0.15, -0.1) is 0 Å². The molecule has 0 spiro atoms. The average Bonchev–Trinajstić information content (AvgIpc) is 2.61. The van der Waals surface area contributed by atoms with Crippen LogP contribution >= 0.6 is 0 Å². The van der Waals surface area contributed by atoms with Crippen molar-refractivity contribution in [2.24, 2.45) is 0 Å². The van der Waals surface area contributed by atoms with Gasteiger partial charge in [-0.3, -0.25) is 4.79 Å². The van der Waals surface area contributed by atoms with Crippen LogP contribution in [0, 0.1) is 6.92 Å². The molecule has 0 bridgehead atoms. The Morgan fingerprint density at radius 2 is 1.71 bits per heavy atom. The summed E-state index contributed by atoms with van der Waals surface area (Å²) in [6.07, 6.45) is 2.09. The molecule has 126 valence electrons. The number of amides is 1. The van der Waals surface area contributed by atoms with E-state index in [1.807, 2.05) is 48.2 Å². The first-order valence-electron chi connectivity index (χ1n) is 8.68. The number of hydrogen-bond acceptors (Lipinski definition) is 2. The van der Waals surface area contributed by atoms with Crippen molar-refractivity contribution in [1.82, 2.24) is 4.90 Å². The fourth-order valence-corrected chi connectivity index (χ4v) is 3.42. The van der Waals surface area contributed by atoms with Crippen LogP contribution in [0.3, 0.4) is 0 Å². The molecule has 1 aliphatic heterocycles. The van der Waals surface area contributed by atoms with Crippen molar-refractivity contribution in [3.63, 3.8) is 0 Å². The van der Waals surface area contributed by atoms with Crippen molar-refractivity contribution in [1.29, 1.82) is 0 Å². The van der Waals surface area contributed by atoms with E-state index >= 15 is 0 Å². The van der Waals surface area contributed by atoms with E-state index in [0.717, 1.165) is 37.2 Å². The van der Waals surface area contributed by atoms with E-state index in [-0.39, 0.29) is 5.91 Å². The number of hydrogen-bond donors (Lipinski definition) is 0. The van der Waals surface area contributed by atoms with Crippen molar-refractivity contribution in [2.45, 2.75) is 25.7 Å². The molecule has 0 radical (unpaired) electrons. The molecule has 0 aliphatic carbocycles. The molecular formula is C21H26N2O. The number of carbonyl (C=O) groups excluding carboxylic acids is 1. The Morgan fingerprint density at radius 1 is 1.04 bits per heavy atom. The predicted molar refractivity (Wildman–Crippen MR) is 99.8 cm³/mol. The number of benzene rings is 2. The van der Waals surface area contributed by atoms with Crippen molar-refractivity contribution in [3.05, 3.63) is 65.2 Å². The second-order valence-electron chi connectivity index (χ2n) is 6.92. The lowest BCUT2D eigenvalue weighted by atomic mass is 9.88. The Bertz CT molecular complexity index is 698. The van der Waals surface area contributed by atoms with Gasteiger partial charge in [-0.1, -0.05) is 29.8 Å². The monoisotopic (exact) mass is 322 g/mol. The minimum Gasteiger partial charge on any atom is -0.378 e. The molecule has 24 heavy (non-hydrogen) atoms. The summed E-state index contributed by atoms with van der Waals surface area (Å²) >= 11 is 0. The zero-order chi connectivity index (χ0) is 17.1. The Labute approximate surface area is 144 Å². The molecule has 1 amide bonds. The van der Waals surface area contributed by atoms with Crippen molar-refractivity contribution < 1.29 is 4.79 Å². The van der Waals surface area contributed by atoms with E-state index in [9.17, 15) is 4.79 Å². The molecule has 3 nitrogen and oxygen atoms in total. The molecule has 1 fully saturated rings. The third-order valence-electron chi connectivity index (χ3n) is 4.93. The molecule has 2 aromatic carbocycles. The molecule has 3 heteroatoms. The second-order valence-corrected chi connectivity index (χ2v) is 6.92. The number of likely N-dealkylation sites (tertiary alicyclic amines) is 1. The van der Waals surface area contributed by atoms with E-state index in [4.69, 9.17) is 0 Å². The van der Waals surface area contributed by atoms with Crippen LogP contribution in [-0.2, 0) is 0 Å². The first-order valence-corrected chi connectivity index (χ1v) is 8.68. The molecule has 3 rings (SSSR count). The number of anilines is 1. The molecule has 0 unspecified atom stereocenters. The number of piperidine rings is 1. The molecule has 0 aromatic heterocycles. The van der Waals surface area contributed by atoms with Gasteiger partial charge in [-0.25, -0.2) is 0 Å². The lowest BCUT2D eigenvalue weighted by Gasteiger charge is -2.32. The number of aryl methyl sites for hydroxylation is 1. The van der Waals surface area contributed by atoms with Gasteiger partial charge in [0, 0.05) is 38.4 Å². The Kier molecular flexibility index (Phi) is 4.89. The summed E-state index contributed by atoms with van der Waals surface area (Å²) in [6, 6.07) is 16.7. The van der Waals surface area contributed by atoms with Gasteiger partial charge in [-0.05, 0) is 55.5 Å². The molecule has 0 atom stereocenters. The third kappa shape index (κ3) is 3.61. The molecule has 0 N–H and O–H groups in total. The molecule has 1 heterocycles. The molecular weight excluding hydrogens is 296 g/mol. The van der Waals surface area contributed by atoms with E-state index in [1.54, 1.807) is 0 Å². The largest absolute Gasteiger partial charge is 0.378 e. The van der Waals surface area contributed by atoms with Crippen molar-refractivity contribution in [2.75, 3.05) is 32.1 Å². The maximum absolute atomic E-state index is 12.7. The van der Waals surface area contributed by atoms with Crippen LogP contribution in [-0.4, -0.2) is 38.0 Å². The Hall–Kier alpha value is -2.29. The highest BCUT2D eigenvalue weighted by Gasteiger charge is 2.24. The van der Waals surface area contributed by atoms with Crippen LogP contribution in [0.4, 0.5) is 5.69 Å². The zero-order valence-electron chi connectivity index (χ0n) is 14.8. The number of nitrogens with zero attached hydrogens (tertiary/aromatic N) is 2. The van der Waals surface area contributed by atoms with Gasteiger partial charge in [0.25, 0.3) is 5.91 Å². The quantitative estimate of drug-likeness (QED) is 0.850. The lowest BCUT2D eigenvalue weighted by molar-refractivity contribution is 0.0713. The highest BCUT2D eigenvalue weighted by molar-refractivity contribution is 5.94. The number of carbonyl (C=O) groups is 1. The maximum atomic E-state index is 12.7. The Balaban J connectivity index is 1.62. The summed E-state index contributed by atoms with van der Waals surface area (Å²) in [4.78, 5) is 16.7. The fourth-order valence-electron chi connectivity index (χ4n) is 3.42. The first kappa shape index (κ1) is 16.6. The van der Waals surface area contributed by atoms with E-state index in [0.29, 0.717) is 5.92 Å². The molecule has 2 aromatic rings. The van der Waals surface area contributed by atoms with Gasteiger partial charge in [0.05, 0.1) is 0 Å². The van der Waals surface area contributed by atoms with Gasteiger partial charge >= 0.3 is 0 Å². The summed E-state index contributed by atoms with van der Waals surface area (Å²) in [5.41, 5.74) is 4.63. The van der Waals surface area contributed by atoms with E-state index < -0.39 is 0 Å². The van der Waals surface area contributed by atoms with E-state index in [1.165, 1.54) is 11.1 Å². The van der Waals surface area contributed by atoms with Crippen LogP contribution < -0.4 is 4.90 Å². The SMILES string of the molecule is Cc1cccc(C2CCN(C(=O)c3ccc(N(C)C)cc3)CC2)c1. The van der Waals surface area contributed by atoms with Crippen LogP contribution in [0.25, 0.3) is 0 Å². The fraction of sp³-hybridized carbons (Fsp3) is 0.381. The summed E-state index contributed by atoms with van der Waals surface area (Å²) < 4.78 is 0. The summed E-state index contributed by atoms with van der Waals surface area (Å²) in [5, 5.41) is 0. The molecule has 1 saturated heterocycles. The molecule has 1 aliphatic rings. The van der Waals surface area contributed by atoms with Crippen molar-refractivity contribution in [3.8, 4) is 0 Å². The van der Waals surface area contributed by atoms with Crippen LogP contribution in [0.2, 0.25) is 0 Å². The lowest BCUT2D eigenvalue weighted by Crippen LogP contribution is -2.37. The van der Waals surface area contributed by atoms with E-state index in [2.05, 4.69) is 31.2 Å². The molecule has 0 saturated carbocycles. The van der Waals surface area contributed by atoms with Gasteiger partial charge in [0.2, 0.25) is 0 Å². The number of rotatable bonds is 3. The topological polar surface area (TPSA) is 23.6 Å². The van der Waals surface area contributed by atoms with Crippen LogP contribution in [0.5, 0.6) is 0 Å². The maximum Gasteiger partial charge on any atom is 0.253 e.